The lowest BCUT2D eigenvalue weighted by molar-refractivity contribution is -0.154. The number of carboxylic acid groups (broad SMARTS) is 1. The first kappa shape index (κ1) is 22.3. The fourth-order valence-corrected chi connectivity index (χ4v) is 4.59. The molecule has 11 heteroatoms. The molecule has 0 spiro atoms. The molecule has 1 saturated heterocycles. The Hall–Kier alpha value is -3.34. The van der Waals surface area contributed by atoms with E-state index in [1.807, 2.05) is 0 Å². The monoisotopic (exact) mass is 448 g/mol. The van der Waals surface area contributed by atoms with Crippen LogP contribution in [-0.2, 0) is 33.4 Å². The lowest BCUT2D eigenvalue weighted by Gasteiger charge is -2.49. The van der Waals surface area contributed by atoms with Crippen LogP contribution in [-0.4, -0.2) is 63.5 Å². The summed E-state index contributed by atoms with van der Waals surface area (Å²) in [6.45, 7) is 3.39. The number of amides is 2. The number of nitrogens with zero attached hydrogens (tertiary/aromatic N) is 1. The Balaban J connectivity index is 1.79. The molecule has 2 heterocycles. The Morgan fingerprint density at radius 1 is 1.26 bits per heavy atom. The lowest BCUT2D eigenvalue weighted by atomic mass is 10.0. The number of ether oxygens (including phenoxy) is 2. The molecule has 0 aliphatic carbocycles. The molecule has 31 heavy (non-hydrogen) atoms. The zero-order valence-corrected chi connectivity index (χ0v) is 17.5. The van der Waals surface area contributed by atoms with Crippen molar-refractivity contribution in [2.45, 2.75) is 37.5 Å². The minimum Gasteiger partial charge on any atom is -0.477 e. The van der Waals surface area contributed by atoms with Crippen LogP contribution in [0.5, 0.6) is 0 Å². The number of carbonyl (C=O) groups excluding carboxylic acids is 4. The van der Waals surface area contributed by atoms with Crippen LogP contribution in [0.3, 0.4) is 0 Å². The summed E-state index contributed by atoms with van der Waals surface area (Å²) in [5.74, 6) is -3.65. The van der Waals surface area contributed by atoms with Crippen LogP contribution in [0.1, 0.15) is 25.5 Å². The predicted octanol–water partition coefficient (Wildman–Crippen LogP) is 0.591. The van der Waals surface area contributed by atoms with Gasteiger partial charge in [0.2, 0.25) is 6.10 Å². The highest BCUT2D eigenvalue weighted by Gasteiger charge is 2.55. The maximum absolute atomic E-state index is 12.7. The molecule has 0 aromatic heterocycles. The second kappa shape index (κ2) is 9.21. The number of benzene rings is 1. The van der Waals surface area contributed by atoms with E-state index in [4.69, 9.17) is 9.47 Å². The zero-order valence-electron chi connectivity index (χ0n) is 16.6. The van der Waals surface area contributed by atoms with Crippen molar-refractivity contribution < 1.29 is 38.6 Å². The number of nitrogens with one attached hydrogen (secondary N) is 1. The first-order chi connectivity index (χ1) is 14.8. The Morgan fingerprint density at radius 2 is 1.94 bits per heavy atom. The highest BCUT2D eigenvalue weighted by Crippen LogP contribution is 2.41. The van der Waals surface area contributed by atoms with Gasteiger partial charge in [-0.25, -0.2) is 9.59 Å². The molecule has 2 amide bonds. The number of fused-ring (bicyclic) bond motifs is 1. The van der Waals surface area contributed by atoms with Gasteiger partial charge in [0.05, 0.1) is 11.7 Å². The van der Waals surface area contributed by atoms with E-state index in [2.05, 4.69) is 5.32 Å². The number of thioether (sulfide) groups is 1. The fraction of sp³-hybridized carbons (Fsp3) is 0.350. The molecule has 2 aliphatic rings. The number of carboxylic acids is 1. The van der Waals surface area contributed by atoms with Crippen LogP contribution in [0, 0.1) is 0 Å². The summed E-state index contributed by atoms with van der Waals surface area (Å²) in [6.07, 6.45) is -1.72. The van der Waals surface area contributed by atoms with E-state index in [-0.39, 0.29) is 17.8 Å². The van der Waals surface area contributed by atoms with Gasteiger partial charge in [0.1, 0.15) is 17.1 Å². The normalized spacial score (nSPS) is 21.0. The Kier molecular flexibility index (Phi) is 6.64. The molecule has 1 fully saturated rings. The molecule has 3 rings (SSSR count). The number of esters is 1. The minimum atomic E-state index is -1.44. The van der Waals surface area contributed by atoms with Gasteiger partial charge in [-0.2, -0.15) is 0 Å². The summed E-state index contributed by atoms with van der Waals surface area (Å²) in [5.41, 5.74) is -0.155. The van der Waals surface area contributed by atoms with Crippen molar-refractivity contribution in [1.82, 2.24) is 10.2 Å². The number of hydrogen-bond donors (Lipinski definition) is 2. The van der Waals surface area contributed by atoms with Crippen molar-refractivity contribution in [2.75, 3.05) is 5.75 Å². The minimum absolute atomic E-state index is 0.000948. The SMILES string of the molecule is CC(C)OC(=O)C1=C(C(=O)O)N2C(=O)C(NC(=O)C(OC=O)c3ccccc3)[C@H]2SC1. The van der Waals surface area contributed by atoms with Gasteiger partial charge in [0, 0.05) is 11.3 Å². The van der Waals surface area contributed by atoms with Gasteiger partial charge in [-0.1, -0.05) is 30.3 Å². The molecule has 2 N–H and O–H groups in total. The maximum atomic E-state index is 12.7. The van der Waals surface area contributed by atoms with Crippen molar-refractivity contribution in [2.24, 2.45) is 0 Å². The molecule has 2 unspecified atom stereocenters. The molecule has 10 nitrogen and oxygen atoms in total. The van der Waals surface area contributed by atoms with E-state index in [1.54, 1.807) is 44.2 Å². The highest BCUT2D eigenvalue weighted by molar-refractivity contribution is 8.00. The van der Waals surface area contributed by atoms with E-state index in [0.717, 1.165) is 16.7 Å². The van der Waals surface area contributed by atoms with Crippen LogP contribution in [0.2, 0.25) is 0 Å². The van der Waals surface area contributed by atoms with Gasteiger partial charge in [-0.3, -0.25) is 19.3 Å². The first-order valence-electron chi connectivity index (χ1n) is 9.32. The molecule has 2 aliphatic heterocycles. The molecule has 3 atom stereocenters. The topological polar surface area (TPSA) is 139 Å². The molecule has 164 valence electrons. The lowest BCUT2D eigenvalue weighted by Crippen LogP contribution is -2.71. The van der Waals surface area contributed by atoms with Crippen LogP contribution < -0.4 is 5.32 Å². The fourth-order valence-electron chi connectivity index (χ4n) is 3.26. The third-order valence-electron chi connectivity index (χ3n) is 4.59. The smallest absolute Gasteiger partial charge is 0.353 e. The number of aliphatic carboxylic acids is 1. The van der Waals surface area contributed by atoms with Crippen molar-refractivity contribution in [3.63, 3.8) is 0 Å². The van der Waals surface area contributed by atoms with Crippen LogP contribution >= 0.6 is 11.8 Å². The second-order valence-electron chi connectivity index (χ2n) is 7.01. The largest absolute Gasteiger partial charge is 0.477 e. The Bertz CT molecular complexity index is 946. The molecular weight excluding hydrogens is 428 g/mol. The number of hydrogen-bond acceptors (Lipinski definition) is 8. The molecule has 0 radical (unpaired) electrons. The van der Waals surface area contributed by atoms with E-state index < -0.39 is 53.1 Å². The van der Waals surface area contributed by atoms with Crippen molar-refractivity contribution in [3.05, 3.63) is 47.2 Å². The summed E-state index contributed by atoms with van der Waals surface area (Å²) in [6, 6.07) is 7.21. The second-order valence-corrected chi connectivity index (χ2v) is 8.11. The van der Waals surface area contributed by atoms with E-state index in [0.29, 0.717) is 5.56 Å². The summed E-state index contributed by atoms with van der Waals surface area (Å²) < 4.78 is 9.97. The van der Waals surface area contributed by atoms with Gasteiger partial charge in [-0.15, -0.1) is 11.8 Å². The number of β-lactam (4-membered cyclic amide) rings is 1. The van der Waals surface area contributed by atoms with E-state index in [9.17, 15) is 29.1 Å². The van der Waals surface area contributed by atoms with Crippen molar-refractivity contribution >= 4 is 42.0 Å². The molecular formula is C20H20N2O8S. The van der Waals surface area contributed by atoms with Crippen LogP contribution in [0.25, 0.3) is 0 Å². The van der Waals surface area contributed by atoms with E-state index in [1.165, 1.54) is 0 Å². The summed E-state index contributed by atoms with van der Waals surface area (Å²) >= 11 is 1.13. The quantitative estimate of drug-likeness (QED) is 0.332. The Labute approximate surface area is 181 Å². The van der Waals surface area contributed by atoms with Crippen LogP contribution in [0.15, 0.2) is 41.6 Å². The summed E-state index contributed by atoms with van der Waals surface area (Å²) in [5, 5.41) is 11.4. The molecule has 0 saturated carbocycles. The first-order valence-corrected chi connectivity index (χ1v) is 10.4. The molecule has 1 aromatic rings. The predicted molar refractivity (Wildman–Crippen MR) is 107 cm³/mol. The zero-order chi connectivity index (χ0) is 22.7. The maximum Gasteiger partial charge on any atom is 0.353 e. The molecule has 0 bridgehead atoms. The van der Waals surface area contributed by atoms with Crippen molar-refractivity contribution in [3.8, 4) is 0 Å². The standard InChI is InChI=1S/C20H20N2O8S/c1-10(2)30-20(28)12-8-31-18-13(17(25)22(18)14(12)19(26)27)21-16(24)15(29-9-23)11-6-4-3-5-7-11/h3-7,9-10,13,15,18H,8H2,1-2H3,(H,21,24)(H,26,27)/t13?,15?,18-/m1/s1. The Morgan fingerprint density at radius 3 is 2.52 bits per heavy atom. The van der Waals surface area contributed by atoms with Gasteiger partial charge in [-0.05, 0) is 13.8 Å². The number of rotatable bonds is 8. The third-order valence-corrected chi connectivity index (χ3v) is 5.87. The summed E-state index contributed by atoms with van der Waals surface area (Å²) in [4.78, 5) is 61.3. The average molecular weight is 448 g/mol. The average Bonchev–Trinajstić information content (AvgIpc) is 2.74. The summed E-state index contributed by atoms with van der Waals surface area (Å²) in [7, 11) is 0. The number of carbonyl (C=O) groups is 5. The molecule has 1 aromatic carbocycles. The van der Waals surface area contributed by atoms with E-state index >= 15 is 0 Å². The third kappa shape index (κ3) is 4.41. The van der Waals surface area contributed by atoms with Gasteiger partial charge < -0.3 is 19.9 Å². The highest BCUT2D eigenvalue weighted by atomic mass is 32.2. The van der Waals surface area contributed by atoms with Gasteiger partial charge in [0.25, 0.3) is 18.3 Å². The van der Waals surface area contributed by atoms with Gasteiger partial charge in [0.15, 0.2) is 0 Å². The van der Waals surface area contributed by atoms with Gasteiger partial charge >= 0.3 is 11.9 Å². The van der Waals surface area contributed by atoms with Crippen LogP contribution in [0.4, 0.5) is 0 Å². The van der Waals surface area contributed by atoms with Crippen molar-refractivity contribution in [1.29, 1.82) is 0 Å².